The van der Waals surface area contributed by atoms with Gasteiger partial charge in [0.2, 0.25) is 0 Å². The average Bonchev–Trinajstić information content (AvgIpc) is 2.80. The normalized spacial score (nSPS) is 23.3. The van der Waals surface area contributed by atoms with Crippen molar-refractivity contribution in [1.29, 1.82) is 0 Å². The molecule has 2 spiro atoms. The molecule has 2 saturated heterocycles. The van der Waals surface area contributed by atoms with Crippen LogP contribution in [0.15, 0.2) is 18.2 Å². The molecule has 5 rings (SSSR count). The van der Waals surface area contributed by atoms with Gasteiger partial charge in [-0.05, 0) is 44.5 Å². The molecule has 2 fully saturated rings. The molecule has 0 saturated carbocycles. The first-order valence-electron chi connectivity index (χ1n) is 11.4. The quantitative estimate of drug-likeness (QED) is 0.713. The fourth-order valence-electron chi connectivity index (χ4n) is 5.76. The van der Waals surface area contributed by atoms with Crippen LogP contribution >= 0.6 is 0 Å². The summed E-state index contributed by atoms with van der Waals surface area (Å²) in [4.78, 5) is 29.9. The second kappa shape index (κ2) is 8.01. The number of carbonyl (C=O) groups is 2. The minimum atomic E-state index is -0.297. The van der Waals surface area contributed by atoms with Crippen LogP contribution in [0.3, 0.4) is 0 Å². The second-order valence-corrected chi connectivity index (χ2v) is 9.01. The number of ether oxygens (including phenoxy) is 2. The number of carbonyl (C=O) groups excluding carboxylic acids is 2. The molecule has 170 valence electrons. The number of aldehydes is 1. The highest BCUT2D eigenvalue weighted by atomic mass is 16.5. The third kappa shape index (κ3) is 3.00. The van der Waals surface area contributed by atoms with Crippen molar-refractivity contribution >= 4 is 28.9 Å². The van der Waals surface area contributed by atoms with Gasteiger partial charge in [-0.25, -0.2) is 4.79 Å². The van der Waals surface area contributed by atoms with E-state index in [0.29, 0.717) is 12.2 Å². The fraction of sp³-hybridized carbons (Fsp3) is 0.542. The Bertz CT molecular complexity index is 1060. The van der Waals surface area contributed by atoms with Crippen molar-refractivity contribution < 1.29 is 19.1 Å². The highest BCUT2D eigenvalue weighted by Crippen LogP contribution is 2.62. The average molecular weight is 439 g/mol. The zero-order valence-corrected chi connectivity index (χ0v) is 18.7. The molecule has 3 aliphatic rings. The minimum absolute atomic E-state index is 0.0310. The van der Waals surface area contributed by atoms with E-state index in [-0.39, 0.29) is 23.5 Å². The lowest BCUT2D eigenvalue weighted by molar-refractivity contribution is -0.163. The van der Waals surface area contributed by atoms with Gasteiger partial charge in [-0.3, -0.25) is 9.88 Å². The van der Waals surface area contributed by atoms with Crippen molar-refractivity contribution in [3.63, 3.8) is 0 Å². The van der Waals surface area contributed by atoms with E-state index in [1.165, 1.54) is 5.56 Å². The minimum Gasteiger partial charge on any atom is -0.481 e. The molecule has 8 nitrogen and oxygen atoms in total. The Balaban J connectivity index is 1.60. The van der Waals surface area contributed by atoms with Gasteiger partial charge in [0.25, 0.3) is 0 Å². The van der Waals surface area contributed by atoms with Gasteiger partial charge in [-0.1, -0.05) is 0 Å². The Hall–Kier alpha value is -2.71. The van der Waals surface area contributed by atoms with Crippen LogP contribution in [0.2, 0.25) is 0 Å². The molecule has 1 atom stereocenters. The van der Waals surface area contributed by atoms with Gasteiger partial charge >= 0.3 is 6.03 Å². The fourth-order valence-corrected chi connectivity index (χ4v) is 5.76. The van der Waals surface area contributed by atoms with E-state index < -0.39 is 0 Å². The van der Waals surface area contributed by atoms with E-state index in [1.54, 1.807) is 11.9 Å². The topological polar surface area (TPSA) is 92.8 Å². The number of amides is 2. The first-order chi connectivity index (χ1) is 15.5. The van der Waals surface area contributed by atoms with Gasteiger partial charge in [0, 0.05) is 62.6 Å². The van der Waals surface area contributed by atoms with Crippen molar-refractivity contribution in [1.82, 2.24) is 15.6 Å². The lowest BCUT2D eigenvalue weighted by Crippen LogP contribution is -2.64. The number of hydrogen-bond acceptors (Lipinski definition) is 6. The number of aryl methyl sites for hydroxylation is 1. The number of aromatic nitrogens is 1. The van der Waals surface area contributed by atoms with Gasteiger partial charge in [0.15, 0.2) is 0 Å². The third-order valence-electron chi connectivity index (χ3n) is 7.47. The Kier molecular flexibility index (Phi) is 5.29. The van der Waals surface area contributed by atoms with E-state index in [2.05, 4.69) is 22.8 Å². The number of piperidine rings is 1. The van der Waals surface area contributed by atoms with Crippen LogP contribution in [0.25, 0.3) is 10.9 Å². The molecule has 8 heteroatoms. The predicted molar refractivity (Wildman–Crippen MR) is 121 cm³/mol. The van der Waals surface area contributed by atoms with Crippen molar-refractivity contribution in [2.75, 3.05) is 44.8 Å². The molecule has 1 aromatic heterocycles. The van der Waals surface area contributed by atoms with Crippen LogP contribution in [0, 0.1) is 12.3 Å². The highest BCUT2D eigenvalue weighted by molar-refractivity contribution is 5.97. The lowest BCUT2D eigenvalue weighted by Gasteiger charge is -2.60. The molecular weight excluding hydrogens is 408 g/mol. The van der Waals surface area contributed by atoms with Gasteiger partial charge in [-0.2, -0.15) is 0 Å². The lowest BCUT2D eigenvalue weighted by atomic mass is 9.58. The molecular formula is C24H30N4O4. The summed E-state index contributed by atoms with van der Waals surface area (Å²) in [6.45, 7) is 5.56. The van der Waals surface area contributed by atoms with Crippen LogP contribution < -0.4 is 20.3 Å². The number of hydrogen-bond donors (Lipinski definition) is 2. The maximum absolute atomic E-state index is 12.5. The molecule has 32 heavy (non-hydrogen) atoms. The number of anilines is 1. The number of pyridine rings is 1. The smallest absolute Gasteiger partial charge is 0.321 e. The van der Waals surface area contributed by atoms with Gasteiger partial charge in [0.05, 0.1) is 16.9 Å². The van der Waals surface area contributed by atoms with E-state index in [1.807, 2.05) is 13.0 Å². The molecule has 2 aromatic rings. The summed E-state index contributed by atoms with van der Waals surface area (Å²) < 4.78 is 12.4. The molecule has 0 bridgehead atoms. The second-order valence-electron chi connectivity index (χ2n) is 9.01. The standard InChI is InChI=1S/C24H30N4O4/c1-16-20(28(10-3-11-29)22(30)25-2)14-17-19(27-16)5-4-18-21(17)32-24(18)6-9-26-15-23(24)7-12-31-13-8-23/h4-5,11,14,26H,3,6-10,12-13,15H2,1-2H3,(H,25,30). The molecule has 4 heterocycles. The maximum atomic E-state index is 12.5. The molecule has 2 N–H and O–H groups in total. The summed E-state index contributed by atoms with van der Waals surface area (Å²) >= 11 is 0. The van der Waals surface area contributed by atoms with Crippen LogP contribution in [-0.4, -0.2) is 57.2 Å². The third-order valence-corrected chi connectivity index (χ3v) is 7.47. The number of fused-ring (bicyclic) bond motifs is 5. The van der Waals surface area contributed by atoms with E-state index >= 15 is 0 Å². The summed E-state index contributed by atoms with van der Waals surface area (Å²) in [6, 6.07) is 5.97. The number of benzene rings is 1. The van der Waals surface area contributed by atoms with Crippen molar-refractivity contribution in [2.24, 2.45) is 5.41 Å². The monoisotopic (exact) mass is 438 g/mol. The van der Waals surface area contributed by atoms with Crippen LogP contribution in [0.5, 0.6) is 5.75 Å². The zero-order chi connectivity index (χ0) is 22.3. The molecule has 1 unspecified atom stereocenters. The Morgan fingerprint density at radius 2 is 2.12 bits per heavy atom. The van der Waals surface area contributed by atoms with Crippen molar-refractivity contribution in [2.45, 2.75) is 38.2 Å². The van der Waals surface area contributed by atoms with E-state index in [9.17, 15) is 9.59 Å². The highest BCUT2D eigenvalue weighted by Gasteiger charge is 2.62. The first kappa shape index (κ1) is 21.2. The number of urea groups is 1. The largest absolute Gasteiger partial charge is 0.481 e. The SMILES string of the molecule is CNC(=O)N(CCC=O)c1cc2c3c(ccc2nc1C)C1(CCNCC12CCOCC2)O3. The maximum Gasteiger partial charge on any atom is 0.321 e. The van der Waals surface area contributed by atoms with Crippen LogP contribution in [-0.2, 0) is 15.1 Å². The zero-order valence-electron chi connectivity index (χ0n) is 18.7. The summed E-state index contributed by atoms with van der Waals surface area (Å²) in [5.74, 6) is 0.872. The summed E-state index contributed by atoms with van der Waals surface area (Å²) in [5, 5.41) is 7.16. The number of nitrogens with one attached hydrogen (secondary N) is 2. The first-order valence-corrected chi connectivity index (χ1v) is 11.4. The predicted octanol–water partition coefficient (Wildman–Crippen LogP) is 2.66. The van der Waals surface area contributed by atoms with Crippen LogP contribution in [0.1, 0.15) is 36.9 Å². The van der Waals surface area contributed by atoms with Crippen LogP contribution in [0.4, 0.5) is 10.5 Å². The molecule has 2 amide bonds. The summed E-state index contributed by atoms with van der Waals surface area (Å²) in [6.07, 6.45) is 3.97. The number of rotatable bonds is 4. The van der Waals surface area contributed by atoms with Gasteiger partial charge in [0.1, 0.15) is 17.6 Å². The Morgan fingerprint density at radius 1 is 1.31 bits per heavy atom. The van der Waals surface area contributed by atoms with Gasteiger partial charge in [-0.15, -0.1) is 0 Å². The van der Waals surface area contributed by atoms with Crippen molar-refractivity contribution in [3.8, 4) is 5.75 Å². The Labute approximate surface area is 187 Å². The summed E-state index contributed by atoms with van der Waals surface area (Å²) in [7, 11) is 1.59. The van der Waals surface area contributed by atoms with Crippen molar-refractivity contribution in [3.05, 3.63) is 29.5 Å². The molecule has 0 aliphatic carbocycles. The van der Waals surface area contributed by atoms with E-state index in [0.717, 1.165) is 74.2 Å². The summed E-state index contributed by atoms with van der Waals surface area (Å²) in [5.41, 5.74) is 3.26. The van der Waals surface area contributed by atoms with E-state index in [4.69, 9.17) is 14.5 Å². The number of nitrogens with zero attached hydrogens (tertiary/aromatic N) is 2. The Morgan fingerprint density at radius 3 is 2.88 bits per heavy atom. The molecule has 0 radical (unpaired) electrons. The molecule has 3 aliphatic heterocycles. The van der Waals surface area contributed by atoms with Gasteiger partial charge < -0.3 is 24.9 Å². The molecule has 1 aromatic carbocycles.